The molecule has 11 heteroatoms. The topological polar surface area (TPSA) is 75.7 Å². The molecule has 0 spiro atoms. The van der Waals surface area contributed by atoms with Crippen LogP contribution in [0.4, 0.5) is 15.8 Å². The van der Waals surface area contributed by atoms with Crippen LogP contribution in [0.3, 0.4) is 0 Å². The number of para-hydroxylation sites is 2. The number of likely N-dealkylation sites (tertiary alicyclic amines) is 2. The molecular formula is C49H57FN6O4. The van der Waals surface area contributed by atoms with Crippen molar-refractivity contribution in [2.75, 3.05) is 63.7 Å². The molecule has 6 aromatic rings. The van der Waals surface area contributed by atoms with Gasteiger partial charge in [0.05, 0.1) is 54.8 Å². The number of benzene rings is 4. The van der Waals surface area contributed by atoms with Crippen molar-refractivity contribution in [1.29, 1.82) is 0 Å². The molecule has 0 unspecified atom stereocenters. The average molecular weight is 813 g/mol. The van der Waals surface area contributed by atoms with Crippen LogP contribution in [-0.4, -0.2) is 91.6 Å². The summed E-state index contributed by atoms with van der Waals surface area (Å²) in [6, 6.07) is 34.2. The number of anilines is 2. The maximum Gasteiger partial charge on any atom is 0.161 e. The van der Waals surface area contributed by atoms with Gasteiger partial charge in [-0.1, -0.05) is 48.5 Å². The van der Waals surface area contributed by atoms with Crippen molar-refractivity contribution >= 4 is 33.2 Å². The smallest absolute Gasteiger partial charge is 0.161 e. The Balaban J connectivity index is 1.11. The van der Waals surface area contributed by atoms with Gasteiger partial charge in [0.1, 0.15) is 13.3 Å². The van der Waals surface area contributed by atoms with Gasteiger partial charge >= 0.3 is 0 Å². The first kappa shape index (κ1) is 41.1. The van der Waals surface area contributed by atoms with Crippen molar-refractivity contribution in [1.82, 2.24) is 19.8 Å². The van der Waals surface area contributed by atoms with Gasteiger partial charge in [-0.3, -0.25) is 29.8 Å². The molecule has 0 N–H and O–H groups in total. The summed E-state index contributed by atoms with van der Waals surface area (Å²) in [6.45, 7) is 8.92. The molecule has 2 saturated heterocycles. The van der Waals surface area contributed by atoms with Crippen molar-refractivity contribution in [2.24, 2.45) is 0 Å². The molecule has 0 aliphatic carbocycles. The second kappa shape index (κ2) is 19.2. The van der Waals surface area contributed by atoms with Gasteiger partial charge in [-0.05, 0) is 99.2 Å². The summed E-state index contributed by atoms with van der Waals surface area (Å²) in [5, 5.41) is 7.56. The molecule has 8 rings (SSSR count). The van der Waals surface area contributed by atoms with Gasteiger partial charge in [0.15, 0.2) is 23.0 Å². The second-order valence-corrected chi connectivity index (χ2v) is 16.1. The Morgan fingerprint density at radius 1 is 0.617 bits per heavy atom. The number of halogens is 1. The lowest BCUT2D eigenvalue weighted by molar-refractivity contribution is 0.183. The molecule has 0 atom stereocenters. The number of hydrazine groups is 1. The van der Waals surface area contributed by atoms with Crippen molar-refractivity contribution in [3.05, 3.63) is 121 Å². The van der Waals surface area contributed by atoms with Gasteiger partial charge in [0.25, 0.3) is 0 Å². The predicted molar refractivity (Wildman–Crippen MR) is 238 cm³/mol. The zero-order chi connectivity index (χ0) is 41.4. The largest absolute Gasteiger partial charge is 0.493 e. The van der Waals surface area contributed by atoms with E-state index in [4.69, 9.17) is 28.9 Å². The predicted octanol–water partition coefficient (Wildman–Crippen LogP) is 9.49. The second-order valence-electron chi connectivity index (χ2n) is 16.1. The molecule has 2 aromatic heterocycles. The Kier molecular flexibility index (Phi) is 13.1. The Morgan fingerprint density at radius 3 is 1.55 bits per heavy atom. The van der Waals surface area contributed by atoms with Crippen LogP contribution in [0.15, 0.2) is 109 Å². The number of hydrogen-bond acceptors (Lipinski definition) is 10. The van der Waals surface area contributed by atoms with Gasteiger partial charge in [0.2, 0.25) is 0 Å². The zero-order valence-corrected chi connectivity index (χ0v) is 35.3. The monoisotopic (exact) mass is 812 g/mol. The number of piperidine rings is 2. The zero-order valence-electron chi connectivity index (χ0n) is 35.3. The summed E-state index contributed by atoms with van der Waals surface area (Å²) in [7, 11) is 3.31. The van der Waals surface area contributed by atoms with Gasteiger partial charge in [-0.25, -0.2) is 4.39 Å². The van der Waals surface area contributed by atoms with Crippen LogP contribution in [0.1, 0.15) is 50.7 Å². The van der Waals surface area contributed by atoms with E-state index in [1.807, 2.05) is 44.4 Å². The van der Waals surface area contributed by atoms with E-state index in [0.29, 0.717) is 11.5 Å². The highest BCUT2D eigenvalue weighted by Gasteiger charge is 2.36. The first-order chi connectivity index (χ1) is 29.4. The van der Waals surface area contributed by atoms with Gasteiger partial charge in [-0.15, -0.1) is 0 Å². The van der Waals surface area contributed by atoms with Crippen LogP contribution in [0.5, 0.6) is 23.0 Å². The van der Waals surface area contributed by atoms with E-state index in [1.54, 1.807) is 14.2 Å². The standard InChI is InChI=1S/C49H57FN6O4/c1-35(2)60-49-32-37(14-16-47(49)58-4)34-54-28-21-39(22-29-54)56(45-18-25-52-43-12-8-6-10-41(43)45)55(44-17-24-51-42-11-7-5-9-40(42)44)38-19-26-53(27-20-38)33-36-13-15-46(57-3)48(31-36)59-30-23-50/h5-18,24-25,31-32,35,38-39H,19-23,26-30,33-34H2,1-4H3. The van der Waals surface area contributed by atoms with E-state index in [1.165, 1.54) is 16.9 Å². The lowest BCUT2D eigenvalue weighted by atomic mass is 9.99. The number of methoxy groups -OCH3 is 2. The summed E-state index contributed by atoms with van der Waals surface area (Å²) < 4.78 is 36.0. The number of hydrogen-bond donors (Lipinski definition) is 0. The highest BCUT2D eigenvalue weighted by Crippen LogP contribution is 2.40. The molecule has 2 fully saturated rings. The van der Waals surface area contributed by atoms with E-state index in [2.05, 4.69) is 98.7 Å². The fraction of sp³-hybridized carbons (Fsp3) is 0.388. The van der Waals surface area contributed by atoms with Crippen LogP contribution in [-0.2, 0) is 13.1 Å². The van der Waals surface area contributed by atoms with E-state index in [0.717, 1.165) is 104 Å². The first-order valence-electron chi connectivity index (χ1n) is 21.3. The number of aromatic nitrogens is 2. The summed E-state index contributed by atoms with van der Waals surface area (Å²) in [6.07, 6.45) is 7.90. The normalized spacial score (nSPS) is 15.7. The highest BCUT2D eigenvalue weighted by atomic mass is 19.1. The number of ether oxygens (including phenoxy) is 4. The number of rotatable bonds is 16. The van der Waals surface area contributed by atoms with E-state index >= 15 is 0 Å². The molecule has 0 bridgehead atoms. The Bertz CT molecular complexity index is 2330. The van der Waals surface area contributed by atoms with Crippen molar-refractivity contribution < 1.29 is 23.3 Å². The van der Waals surface area contributed by atoms with E-state index < -0.39 is 6.67 Å². The maximum absolute atomic E-state index is 13.0. The van der Waals surface area contributed by atoms with Crippen LogP contribution in [0.25, 0.3) is 21.8 Å². The molecular weight excluding hydrogens is 756 g/mol. The lowest BCUT2D eigenvalue weighted by Gasteiger charge is -2.51. The first-order valence-corrected chi connectivity index (χ1v) is 21.3. The van der Waals surface area contributed by atoms with Crippen molar-refractivity contribution in [3.8, 4) is 23.0 Å². The molecule has 10 nitrogen and oxygen atoms in total. The SMILES string of the molecule is COc1ccc(CN2CCC(N(c3ccnc4ccccc34)N(c3ccnc4ccccc34)C3CCN(Cc4ccc(OC)c(OC(C)C)c4)CC3)CC2)cc1OCCF. The summed E-state index contributed by atoms with van der Waals surface area (Å²) in [4.78, 5) is 14.7. The highest BCUT2D eigenvalue weighted by molar-refractivity contribution is 5.96. The van der Waals surface area contributed by atoms with Crippen LogP contribution < -0.4 is 29.0 Å². The third kappa shape index (κ3) is 9.22. The number of nitrogens with zero attached hydrogens (tertiary/aromatic N) is 6. The molecule has 2 aliphatic heterocycles. The molecule has 0 radical (unpaired) electrons. The van der Waals surface area contributed by atoms with Crippen LogP contribution in [0.2, 0.25) is 0 Å². The third-order valence-corrected chi connectivity index (χ3v) is 11.7. The quantitative estimate of drug-likeness (QED) is 0.0883. The van der Waals surface area contributed by atoms with E-state index in [9.17, 15) is 4.39 Å². The minimum atomic E-state index is -0.547. The molecule has 4 aromatic carbocycles. The Hall–Kier alpha value is -5.65. The molecule has 0 saturated carbocycles. The molecule has 60 heavy (non-hydrogen) atoms. The fourth-order valence-electron chi connectivity index (χ4n) is 8.95. The Morgan fingerprint density at radius 2 is 1.08 bits per heavy atom. The molecule has 314 valence electrons. The molecule has 2 aliphatic rings. The third-order valence-electron chi connectivity index (χ3n) is 11.7. The fourth-order valence-corrected chi connectivity index (χ4v) is 8.95. The van der Waals surface area contributed by atoms with Crippen LogP contribution in [0, 0.1) is 0 Å². The Labute approximate surface area is 353 Å². The number of fused-ring (bicyclic) bond motifs is 2. The summed E-state index contributed by atoms with van der Waals surface area (Å²) in [5.41, 5.74) is 6.65. The van der Waals surface area contributed by atoms with E-state index in [-0.39, 0.29) is 24.8 Å². The van der Waals surface area contributed by atoms with Crippen molar-refractivity contribution in [3.63, 3.8) is 0 Å². The summed E-state index contributed by atoms with van der Waals surface area (Å²) in [5.74, 6) is 2.75. The van der Waals surface area contributed by atoms with Gasteiger partial charge in [0, 0.05) is 62.4 Å². The number of alkyl halides is 1. The lowest BCUT2D eigenvalue weighted by Crippen LogP contribution is -2.59. The van der Waals surface area contributed by atoms with Gasteiger partial charge in [-0.2, -0.15) is 0 Å². The minimum absolute atomic E-state index is 0.00436. The van der Waals surface area contributed by atoms with Crippen molar-refractivity contribution in [2.45, 2.75) is 70.8 Å². The van der Waals surface area contributed by atoms with Crippen LogP contribution >= 0.6 is 0 Å². The minimum Gasteiger partial charge on any atom is -0.493 e. The summed E-state index contributed by atoms with van der Waals surface area (Å²) >= 11 is 0. The number of pyridine rings is 2. The maximum atomic E-state index is 13.0. The average Bonchev–Trinajstić information content (AvgIpc) is 3.28. The molecule has 4 heterocycles. The van der Waals surface area contributed by atoms with Gasteiger partial charge < -0.3 is 18.9 Å². The molecule has 0 amide bonds.